The molecule has 1 saturated heterocycles. The van der Waals surface area contributed by atoms with Crippen molar-refractivity contribution in [3.05, 3.63) is 15.6 Å². The van der Waals surface area contributed by atoms with Gasteiger partial charge in [-0.1, -0.05) is 26.9 Å². The lowest BCUT2D eigenvalue weighted by molar-refractivity contribution is 0.0689. The van der Waals surface area contributed by atoms with E-state index < -0.39 is 5.97 Å². The molecule has 1 aliphatic heterocycles. The first-order chi connectivity index (χ1) is 10.3. The van der Waals surface area contributed by atoms with Gasteiger partial charge in [0, 0.05) is 16.0 Å². The van der Waals surface area contributed by atoms with Gasteiger partial charge in [0.05, 0.1) is 5.56 Å². The van der Waals surface area contributed by atoms with E-state index in [1.807, 2.05) is 7.05 Å². The topological polar surface area (TPSA) is 57.6 Å². The maximum atomic E-state index is 12.8. The average Bonchev–Trinajstić information content (AvgIpc) is 2.48. The summed E-state index contributed by atoms with van der Waals surface area (Å²) in [5, 5.41) is 9.42. The summed E-state index contributed by atoms with van der Waals surface area (Å²) in [5.74, 6) is -1.79. The van der Waals surface area contributed by atoms with Crippen LogP contribution < -0.4 is 16.4 Å². The van der Waals surface area contributed by atoms with Gasteiger partial charge in [0.15, 0.2) is 5.78 Å². The molecule has 0 saturated carbocycles. The Labute approximate surface area is 142 Å². The molecule has 1 N–H and O–H groups in total. The fourth-order valence-corrected chi connectivity index (χ4v) is 3.31. The zero-order chi connectivity index (χ0) is 16.6. The van der Waals surface area contributed by atoms with Gasteiger partial charge in [-0.3, -0.25) is 4.79 Å². The molecule has 1 aromatic rings. The third-order valence-corrected chi connectivity index (χ3v) is 4.93. The molecule has 0 atom stereocenters. The number of carbonyl (C=O) groups excluding carboxylic acids is 1. The molecule has 1 heterocycles. The smallest absolute Gasteiger partial charge is 0.335 e. The summed E-state index contributed by atoms with van der Waals surface area (Å²) in [7, 11) is 19.3. The maximum absolute atomic E-state index is 12.8. The molecule has 0 aromatic heterocycles. The predicted octanol–water partition coefficient (Wildman–Crippen LogP) is -0.947. The Morgan fingerprint density at radius 1 is 1.09 bits per heavy atom. The Morgan fingerprint density at radius 3 is 2.14 bits per heavy atom. The van der Waals surface area contributed by atoms with Crippen LogP contribution in [0.5, 0.6) is 0 Å². The molecule has 8 heteroatoms. The van der Waals surface area contributed by atoms with Gasteiger partial charge in [-0.2, -0.15) is 0 Å². The van der Waals surface area contributed by atoms with E-state index in [2.05, 4.69) is 20.8 Å². The van der Waals surface area contributed by atoms with Crippen molar-refractivity contribution in [3.63, 3.8) is 0 Å². The molecule has 1 aliphatic rings. The van der Waals surface area contributed by atoms with E-state index in [0.717, 1.165) is 13.1 Å². The normalized spacial score (nSPS) is 16.6. The number of hydrogen-bond acceptors (Lipinski definition) is 3. The second-order valence-electron chi connectivity index (χ2n) is 5.55. The van der Waals surface area contributed by atoms with Crippen LogP contribution in [0.3, 0.4) is 0 Å². The van der Waals surface area contributed by atoms with E-state index in [1.54, 1.807) is 0 Å². The molecule has 6 radical (unpaired) electrons. The van der Waals surface area contributed by atoms with Crippen LogP contribution in [0.1, 0.15) is 33.6 Å². The predicted molar refractivity (Wildman–Crippen MR) is 91.8 cm³/mol. The van der Waals surface area contributed by atoms with Crippen molar-refractivity contribution in [2.45, 2.75) is 12.8 Å². The first-order valence-electron chi connectivity index (χ1n) is 6.87. The lowest BCUT2D eigenvalue weighted by atomic mass is 9.68. The molecule has 0 aliphatic carbocycles. The number of Topliss-reactive ketones (excluding diaryl/α,β-unsaturated/α-hetero) is 1. The third-order valence-electron chi connectivity index (χ3n) is 4.11. The summed E-state index contributed by atoms with van der Waals surface area (Å²) in [6.45, 7) is 1.58. The molecule has 4 nitrogen and oxygen atoms in total. The number of piperidine rings is 1. The van der Waals surface area contributed by atoms with Crippen LogP contribution in [0.4, 0.5) is 0 Å². The van der Waals surface area contributed by atoms with E-state index in [9.17, 15) is 14.7 Å². The summed E-state index contributed by atoms with van der Waals surface area (Å²) in [5.41, 5.74) is -0.346. The number of carbonyl (C=O) groups is 2. The number of carboxylic acids is 1. The molecule has 0 amide bonds. The van der Waals surface area contributed by atoms with Crippen LogP contribution in [-0.4, -0.2) is 65.4 Å². The average molecular weight is 356 g/mol. The SMILES string of the molecule is [B]c1c([B])c(Br)c(C(=O)C2CCN(C)CC2)c(C(=O)O)c1[B]. The van der Waals surface area contributed by atoms with Gasteiger partial charge in [-0.25, -0.2) is 4.79 Å². The van der Waals surface area contributed by atoms with Crippen LogP contribution in [0, 0.1) is 5.92 Å². The Morgan fingerprint density at radius 2 is 1.64 bits per heavy atom. The van der Waals surface area contributed by atoms with E-state index in [1.165, 1.54) is 0 Å². The molecule has 108 valence electrons. The van der Waals surface area contributed by atoms with Crippen LogP contribution in [-0.2, 0) is 0 Å². The first-order valence-corrected chi connectivity index (χ1v) is 7.66. The number of halogens is 1. The zero-order valence-corrected chi connectivity index (χ0v) is 13.8. The number of benzene rings is 1. The number of carboxylic acid groups (broad SMARTS) is 1. The van der Waals surface area contributed by atoms with Crippen molar-refractivity contribution < 1.29 is 14.7 Å². The minimum Gasteiger partial charge on any atom is -0.478 e. The van der Waals surface area contributed by atoms with E-state index in [4.69, 9.17) is 23.5 Å². The summed E-state index contributed by atoms with van der Waals surface area (Å²) in [6, 6.07) is 0. The molecule has 1 aromatic carbocycles. The number of rotatable bonds is 3. The maximum Gasteiger partial charge on any atom is 0.335 e. The monoisotopic (exact) mass is 355 g/mol. The highest BCUT2D eigenvalue weighted by atomic mass is 79.9. The van der Waals surface area contributed by atoms with Crippen LogP contribution in [0.15, 0.2) is 4.47 Å². The second-order valence-corrected chi connectivity index (χ2v) is 6.34. The van der Waals surface area contributed by atoms with Crippen molar-refractivity contribution in [1.82, 2.24) is 4.90 Å². The van der Waals surface area contributed by atoms with Gasteiger partial charge < -0.3 is 10.0 Å². The fourth-order valence-electron chi connectivity index (χ4n) is 2.71. The largest absolute Gasteiger partial charge is 0.478 e. The van der Waals surface area contributed by atoms with Gasteiger partial charge in [0.1, 0.15) is 23.5 Å². The standard InChI is InChI=1S/C14H13B3BrNO3/c1-19-4-2-6(3-5-19)13(20)8-7(14(21)22)9(15)10(16)11(17)12(8)18/h6H,2-5H2,1H3,(H,21,22). The molecule has 0 unspecified atom stereocenters. The van der Waals surface area contributed by atoms with Crippen LogP contribution in [0.25, 0.3) is 0 Å². The second kappa shape index (κ2) is 6.63. The third kappa shape index (κ3) is 3.04. The molecule has 2 rings (SSSR count). The lowest BCUT2D eigenvalue weighted by Crippen LogP contribution is -2.45. The van der Waals surface area contributed by atoms with E-state index in [0.29, 0.717) is 12.8 Å². The fraction of sp³-hybridized carbons (Fsp3) is 0.429. The van der Waals surface area contributed by atoms with Gasteiger partial charge in [-0.05, 0) is 33.0 Å². The molecule has 22 heavy (non-hydrogen) atoms. The van der Waals surface area contributed by atoms with Crippen molar-refractivity contribution >= 4 is 67.6 Å². The Hall–Kier alpha value is -1.01. The zero-order valence-electron chi connectivity index (χ0n) is 12.2. The minimum atomic E-state index is -1.29. The highest BCUT2D eigenvalue weighted by Gasteiger charge is 2.31. The molecule has 0 bridgehead atoms. The van der Waals surface area contributed by atoms with Crippen molar-refractivity contribution in [2.24, 2.45) is 5.92 Å². The number of nitrogens with zero attached hydrogens (tertiary/aromatic N) is 1. The van der Waals surface area contributed by atoms with Gasteiger partial charge >= 0.3 is 5.97 Å². The Balaban J connectivity index is 2.54. The molecular weight excluding hydrogens is 342 g/mol. The molecule has 1 fully saturated rings. The van der Waals surface area contributed by atoms with Gasteiger partial charge in [0.2, 0.25) is 0 Å². The number of likely N-dealkylation sites (tertiary alicyclic amines) is 1. The van der Waals surface area contributed by atoms with Crippen molar-refractivity contribution in [3.8, 4) is 0 Å². The number of aromatic carboxylic acids is 1. The Bertz CT molecular complexity index is 643. The highest BCUT2D eigenvalue weighted by Crippen LogP contribution is 2.26. The number of ketones is 1. The summed E-state index contributed by atoms with van der Waals surface area (Å²) in [6.07, 6.45) is 1.34. The summed E-state index contributed by atoms with van der Waals surface area (Å²) in [4.78, 5) is 26.5. The van der Waals surface area contributed by atoms with Crippen molar-refractivity contribution in [2.75, 3.05) is 20.1 Å². The summed E-state index contributed by atoms with van der Waals surface area (Å²) < 4.78 is 0.209. The van der Waals surface area contributed by atoms with Crippen LogP contribution >= 0.6 is 15.9 Å². The van der Waals surface area contributed by atoms with Crippen LogP contribution in [0.2, 0.25) is 0 Å². The minimum absolute atomic E-state index is 0.0197. The van der Waals surface area contributed by atoms with E-state index in [-0.39, 0.29) is 43.7 Å². The first kappa shape index (κ1) is 17.4. The van der Waals surface area contributed by atoms with Gasteiger partial charge in [-0.15, -0.1) is 5.46 Å². The molecular formula is C14H13B3BrNO3. The highest BCUT2D eigenvalue weighted by molar-refractivity contribution is 9.10. The van der Waals surface area contributed by atoms with Crippen molar-refractivity contribution in [1.29, 1.82) is 0 Å². The number of hydrogen-bond donors (Lipinski definition) is 1. The molecule has 0 spiro atoms. The summed E-state index contributed by atoms with van der Waals surface area (Å²) >= 11 is 3.21. The van der Waals surface area contributed by atoms with E-state index >= 15 is 0 Å². The van der Waals surface area contributed by atoms with Gasteiger partial charge in [0.25, 0.3) is 0 Å². The Kier molecular flexibility index (Phi) is 5.23. The lowest BCUT2D eigenvalue weighted by Gasteiger charge is -2.29. The quantitative estimate of drug-likeness (QED) is 0.561.